The van der Waals surface area contributed by atoms with Crippen molar-refractivity contribution in [2.75, 3.05) is 0 Å². The standard InChI is InChI=1S/C18H30O2/c1-3-4-5-6-7-8-9-10-11-12-13-14-15-16-17-20-18(2)19/h3-4,14-17H,5-13H2,1-2H3. The van der Waals surface area contributed by atoms with Crippen molar-refractivity contribution in [2.45, 2.75) is 71.6 Å². The number of rotatable bonds is 12. The van der Waals surface area contributed by atoms with Crippen molar-refractivity contribution in [3.8, 4) is 0 Å². The van der Waals surface area contributed by atoms with Crippen molar-refractivity contribution < 1.29 is 9.53 Å². The van der Waals surface area contributed by atoms with Gasteiger partial charge in [0.1, 0.15) is 0 Å². The third kappa shape index (κ3) is 16.7. The molecular weight excluding hydrogens is 248 g/mol. The van der Waals surface area contributed by atoms with E-state index in [2.05, 4.69) is 29.9 Å². The first-order chi connectivity index (χ1) is 9.77. The molecule has 0 spiro atoms. The summed E-state index contributed by atoms with van der Waals surface area (Å²) in [6.07, 6.45) is 23.3. The first kappa shape index (κ1) is 18.7. The Labute approximate surface area is 124 Å². The van der Waals surface area contributed by atoms with Gasteiger partial charge in [-0.3, -0.25) is 4.79 Å². The van der Waals surface area contributed by atoms with E-state index < -0.39 is 0 Å². The van der Waals surface area contributed by atoms with Crippen LogP contribution in [0, 0.1) is 0 Å². The molecule has 20 heavy (non-hydrogen) atoms. The zero-order chi connectivity index (χ0) is 14.9. The van der Waals surface area contributed by atoms with Crippen LogP contribution in [0.2, 0.25) is 0 Å². The van der Waals surface area contributed by atoms with Gasteiger partial charge in [0.05, 0.1) is 6.26 Å². The van der Waals surface area contributed by atoms with Gasteiger partial charge in [0.25, 0.3) is 0 Å². The first-order valence-corrected chi connectivity index (χ1v) is 7.87. The summed E-state index contributed by atoms with van der Waals surface area (Å²) in [4.78, 5) is 10.5. The van der Waals surface area contributed by atoms with E-state index in [9.17, 15) is 4.79 Å². The van der Waals surface area contributed by atoms with Crippen LogP contribution in [-0.4, -0.2) is 5.97 Å². The lowest BCUT2D eigenvalue weighted by Gasteiger charge is -1.99. The number of unbranched alkanes of at least 4 members (excludes halogenated alkanes) is 8. The zero-order valence-corrected chi connectivity index (χ0v) is 13.1. The van der Waals surface area contributed by atoms with Crippen LogP contribution in [0.1, 0.15) is 71.6 Å². The Morgan fingerprint density at radius 2 is 1.40 bits per heavy atom. The second kappa shape index (κ2) is 15.7. The fraction of sp³-hybridized carbons (Fsp3) is 0.611. The van der Waals surface area contributed by atoms with E-state index in [-0.39, 0.29) is 5.97 Å². The first-order valence-electron chi connectivity index (χ1n) is 7.87. The molecule has 114 valence electrons. The summed E-state index contributed by atoms with van der Waals surface area (Å²) in [5, 5.41) is 0. The second-order valence-corrected chi connectivity index (χ2v) is 4.99. The van der Waals surface area contributed by atoms with Crippen molar-refractivity contribution in [1.29, 1.82) is 0 Å². The topological polar surface area (TPSA) is 26.3 Å². The summed E-state index contributed by atoms with van der Waals surface area (Å²) in [6, 6.07) is 0. The van der Waals surface area contributed by atoms with Crippen LogP contribution in [-0.2, 0) is 9.53 Å². The lowest BCUT2D eigenvalue weighted by atomic mass is 10.1. The largest absolute Gasteiger partial charge is 0.435 e. The number of carbonyl (C=O) groups is 1. The number of hydrogen-bond donors (Lipinski definition) is 0. The Morgan fingerprint density at radius 3 is 1.95 bits per heavy atom. The minimum atomic E-state index is -0.277. The van der Waals surface area contributed by atoms with Gasteiger partial charge in [0.15, 0.2) is 0 Å². The fourth-order valence-corrected chi connectivity index (χ4v) is 1.93. The Kier molecular flexibility index (Phi) is 14.7. The monoisotopic (exact) mass is 278 g/mol. The minimum Gasteiger partial charge on any atom is -0.435 e. The van der Waals surface area contributed by atoms with E-state index in [4.69, 9.17) is 0 Å². The molecule has 0 heterocycles. The Balaban J connectivity index is 3.18. The number of hydrogen-bond acceptors (Lipinski definition) is 2. The van der Waals surface area contributed by atoms with E-state index in [0.717, 1.165) is 6.42 Å². The molecule has 0 aliphatic rings. The molecule has 0 aliphatic carbocycles. The molecule has 0 aliphatic heterocycles. The normalized spacial score (nSPS) is 11.9. The van der Waals surface area contributed by atoms with Gasteiger partial charge in [-0.15, -0.1) is 0 Å². The third-order valence-corrected chi connectivity index (χ3v) is 3.04. The molecule has 0 aromatic rings. The molecule has 0 aromatic heterocycles. The Hall–Kier alpha value is -1.31. The van der Waals surface area contributed by atoms with E-state index >= 15 is 0 Å². The highest BCUT2D eigenvalue weighted by atomic mass is 16.5. The minimum absolute atomic E-state index is 0.277. The van der Waals surface area contributed by atoms with Gasteiger partial charge in [0, 0.05) is 6.92 Å². The summed E-state index contributed by atoms with van der Waals surface area (Å²) in [6.45, 7) is 3.48. The van der Waals surface area contributed by atoms with E-state index in [1.54, 1.807) is 6.08 Å². The molecule has 2 heteroatoms. The van der Waals surface area contributed by atoms with Crippen molar-refractivity contribution in [1.82, 2.24) is 0 Å². The van der Waals surface area contributed by atoms with Crippen molar-refractivity contribution in [3.63, 3.8) is 0 Å². The predicted octanol–water partition coefficient (Wildman–Crippen LogP) is 5.71. The Bertz CT molecular complexity index is 301. The van der Waals surface area contributed by atoms with Gasteiger partial charge < -0.3 is 4.74 Å². The maximum absolute atomic E-state index is 10.5. The van der Waals surface area contributed by atoms with E-state index in [0.29, 0.717) is 0 Å². The molecule has 0 unspecified atom stereocenters. The highest BCUT2D eigenvalue weighted by Crippen LogP contribution is 2.10. The van der Waals surface area contributed by atoms with Crippen LogP contribution >= 0.6 is 0 Å². The van der Waals surface area contributed by atoms with Gasteiger partial charge in [-0.25, -0.2) is 0 Å². The molecule has 0 amide bonds. The van der Waals surface area contributed by atoms with Gasteiger partial charge in [-0.1, -0.05) is 56.4 Å². The summed E-state index contributed by atoms with van der Waals surface area (Å²) >= 11 is 0. The van der Waals surface area contributed by atoms with E-state index in [1.165, 1.54) is 64.6 Å². The third-order valence-electron chi connectivity index (χ3n) is 3.04. The maximum Gasteiger partial charge on any atom is 0.307 e. The summed E-state index contributed by atoms with van der Waals surface area (Å²) in [7, 11) is 0. The van der Waals surface area contributed by atoms with Crippen molar-refractivity contribution in [3.05, 3.63) is 36.6 Å². The smallest absolute Gasteiger partial charge is 0.307 e. The summed E-state index contributed by atoms with van der Waals surface area (Å²) in [5.74, 6) is -0.277. The highest BCUT2D eigenvalue weighted by molar-refractivity contribution is 5.66. The molecule has 0 N–H and O–H groups in total. The fourth-order valence-electron chi connectivity index (χ4n) is 1.93. The summed E-state index contributed by atoms with van der Waals surface area (Å²) in [5.41, 5.74) is 0. The molecule has 0 aromatic carbocycles. The van der Waals surface area contributed by atoms with Crippen LogP contribution in [0.4, 0.5) is 0 Å². The molecule has 0 bridgehead atoms. The molecule has 2 nitrogen and oxygen atoms in total. The number of esters is 1. The second-order valence-electron chi connectivity index (χ2n) is 4.99. The van der Waals surface area contributed by atoms with E-state index in [1.807, 2.05) is 6.08 Å². The number of allylic oxidation sites excluding steroid dienone is 5. The van der Waals surface area contributed by atoms with Gasteiger partial charge >= 0.3 is 5.97 Å². The van der Waals surface area contributed by atoms with Gasteiger partial charge in [-0.2, -0.15) is 0 Å². The van der Waals surface area contributed by atoms with Crippen LogP contribution in [0.15, 0.2) is 36.6 Å². The lowest BCUT2D eigenvalue weighted by molar-refractivity contribution is -0.135. The Morgan fingerprint density at radius 1 is 0.850 bits per heavy atom. The quantitative estimate of drug-likeness (QED) is 0.150. The molecule has 0 saturated heterocycles. The van der Waals surface area contributed by atoms with Crippen LogP contribution < -0.4 is 0 Å². The van der Waals surface area contributed by atoms with Crippen molar-refractivity contribution in [2.24, 2.45) is 0 Å². The predicted molar refractivity (Wildman–Crippen MR) is 86.4 cm³/mol. The van der Waals surface area contributed by atoms with Crippen LogP contribution in [0.5, 0.6) is 0 Å². The number of ether oxygens (including phenoxy) is 1. The average molecular weight is 278 g/mol. The molecule has 0 fully saturated rings. The average Bonchev–Trinajstić information content (AvgIpc) is 2.43. The summed E-state index contributed by atoms with van der Waals surface area (Å²) < 4.78 is 4.67. The highest BCUT2D eigenvalue weighted by Gasteiger charge is 1.90. The lowest BCUT2D eigenvalue weighted by Crippen LogP contribution is -1.88. The molecule has 0 rings (SSSR count). The molecule has 0 atom stereocenters. The molecule has 0 radical (unpaired) electrons. The number of carbonyl (C=O) groups excluding carboxylic acids is 1. The zero-order valence-electron chi connectivity index (χ0n) is 13.1. The SMILES string of the molecule is CC=CCCCCCCCCCC=CC=COC(C)=O. The van der Waals surface area contributed by atoms with Crippen LogP contribution in [0.3, 0.4) is 0 Å². The van der Waals surface area contributed by atoms with Crippen molar-refractivity contribution >= 4 is 5.97 Å². The van der Waals surface area contributed by atoms with Crippen LogP contribution in [0.25, 0.3) is 0 Å². The maximum atomic E-state index is 10.5. The molecular formula is C18H30O2. The van der Waals surface area contributed by atoms with Gasteiger partial charge in [-0.05, 0) is 38.7 Å². The van der Waals surface area contributed by atoms with Gasteiger partial charge in [0.2, 0.25) is 0 Å². The molecule has 0 saturated carbocycles.